The number of amides is 2. The molecule has 1 aliphatic heterocycles. The number of para-hydroxylation sites is 2. The molecule has 200 valence electrons. The molecule has 2 amide bonds. The molecule has 3 aromatic carbocycles. The highest BCUT2D eigenvalue weighted by atomic mass is 32.2. The van der Waals surface area contributed by atoms with Gasteiger partial charge in [0.2, 0.25) is 15.9 Å². The molecule has 0 aromatic heterocycles. The molecule has 2 N–H and O–H groups in total. The Morgan fingerprint density at radius 3 is 2.32 bits per heavy atom. The Hall–Kier alpha value is -3.69. The topological polar surface area (TPSA) is 105 Å². The smallest absolute Gasteiger partial charge is 0.262 e. The summed E-state index contributed by atoms with van der Waals surface area (Å²) in [6.45, 7) is 2.87. The van der Waals surface area contributed by atoms with E-state index in [0.717, 1.165) is 11.1 Å². The van der Waals surface area contributed by atoms with Gasteiger partial charge >= 0.3 is 0 Å². The lowest BCUT2D eigenvalue weighted by molar-refractivity contribution is -0.128. The van der Waals surface area contributed by atoms with Crippen molar-refractivity contribution in [3.8, 4) is 5.75 Å². The Balaban J connectivity index is 1.37. The molecule has 0 saturated heterocycles. The number of carbonyl (C=O) groups is 2. The molecular formula is C29H33N3O5S. The SMILES string of the molecule is CCCNS(=O)(=O)c1ccc(CCC(=O)N2CC(C(=O)NCCc3ccccc3)Oc3ccccc32)cc1. The maximum Gasteiger partial charge on any atom is 0.262 e. The number of rotatable bonds is 11. The largest absolute Gasteiger partial charge is 0.477 e. The molecule has 0 saturated carbocycles. The molecule has 0 bridgehead atoms. The van der Waals surface area contributed by atoms with Crippen molar-refractivity contribution in [3.63, 3.8) is 0 Å². The second-order valence-corrected chi connectivity index (χ2v) is 10.9. The first kappa shape index (κ1) is 27.3. The number of hydrogen-bond donors (Lipinski definition) is 2. The van der Waals surface area contributed by atoms with Gasteiger partial charge in [-0.05, 0) is 54.7 Å². The van der Waals surface area contributed by atoms with Crippen molar-refractivity contribution in [1.29, 1.82) is 0 Å². The van der Waals surface area contributed by atoms with Crippen molar-refractivity contribution < 1.29 is 22.7 Å². The van der Waals surface area contributed by atoms with Crippen molar-refractivity contribution in [1.82, 2.24) is 10.0 Å². The van der Waals surface area contributed by atoms with E-state index in [9.17, 15) is 18.0 Å². The fourth-order valence-corrected chi connectivity index (χ4v) is 5.37. The first-order valence-corrected chi connectivity index (χ1v) is 14.3. The van der Waals surface area contributed by atoms with Crippen LogP contribution in [0.4, 0.5) is 5.69 Å². The Labute approximate surface area is 224 Å². The number of benzene rings is 3. The summed E-state index contributed by atoms with van der Waals surface area (Å²) in [6, 6.07) is 23.6. The van der Waals surface area contributed by atoms with E-state index in [2.05, 4.69) is 10.0 Å². The van der Waals surface area contributed by atoms with Crippen LogP contribution in [0.1, 0.15) is 30.9 Å². The van der Waals surface area contributed by atoms with Gasteiger partial charge in [0.15, 0.2) is 6.10 Å². The van der Waals surface area contributed by atoms with Crippen LogP contribution in [-0.4, -0.2) is 46.0 Å². The molecule has 1 aliphatic rings. The highest BCUT2D eigenvalue weighted by Gasteiger charge is 2.33. The second-order valence-electron chi connectivity index (χ2n) is 9.15. The average Bonchev–Trinajstić information content (AvgIpc) is 2.95. The summed E-state index contributed by atoms with van der Waals surface area (Å²) in [4.78, 5) is 28.0. The number of nitrogens with one attached hydrogen (secondary N) is 2. The molecule has 0 spiro atoms. The molecule has 3 aromatic rings. The van der Waals surface area contributed by atoms with E-state index in [4.69, 9.17) is 4.74 Å². The number of nitrogens with zero attached hydrogens (tertiary/aromatic N) is 1. The van der Waals surface area contributed by atoms with Crippen molar-refractivity contribution in [2.45, 2.75) is 43.6 Å². The summed E-state index contributed by atoms with van der Waals surface area (Å²) < 4.78 is 33.1. The average molecular weight is 536 g/mol. The molecule has 8 nitrogen and oxygen atoms in total. The summed E-state index contributed by atoms with van der Waals surface area (Å²) in [6.07, 6.45) is 1.24. The number of fused-ring (bicyclic) bond motifs is 1. The molecule has 1 unspecified atom stereocenters. The quantitative estimate of drug-likeness (QED) is 0.391. The zero-order valence-electron chi connectivity index (χ0n) is 21.4. The van der Waals surface area contributed by atoms with Crippen molar-refractivity contribution >= 4 is 27.5 Å². The van der Waals surface area contributed by atoms with Crippen LogP contribution in [0.5, 0.6) is 5.75 Å². The van der Waals surface area contributed by atoms with E-state index in [0.29, 0.717) is 43.8 Å². The van der Waals surface area contributed by atoms with Gasteiger partial charge in [-0.3, -0.25) is 9.59 Å². The first-order chi connectivity index (χ1) is 18.4. The van der Waals surface area contributed by atoms with Crippen molar-refractivity contribution in [2.75, 3.05) is 24.5 Å². The highest BCUT2D eigenvalue weighted by molar-refractivity contribution is 7.89. The maximum atomic E-state index is 13.3. The first-order valence-electron chi connectivity index (χ1n) is 12.8. The van der Waals surface area contributed by atoms with Crippen LogP contribution in [0.25, 0.3) is 0 Å². The van der Waals surface area contributed by atoms with Crippen molar-refractivity contribution in [3.05, 3.63) is 90.0 Å². The van der Waals surface area contributed by atoms with Crippen LogP contribution in [0, 0.1) is 0 Å². The summed E-state index contributed by atoms with van der Waals surface area (Å²) in [5.41, 5.74) is 2.61. The lowest BCUT2D eigenvalue weighted by atomic mass is 10.1. The normalized spacial score (nSPS) is 14.9. The zero-order valence-corrected chi connectivity index (χ0v) is 22.2. The van der Waals surface area contributed by atoms with Gasteiger partial charge < -0.3 is 15.0 Å². The van der Waals surface area contributed by atoms with E-state index in [-0.39, 0.29) is 29.7 Å². The van der Waals surface area contributed by atoms with E-state index in [1.807, 2.05) is 49.4 Å². The van der Waals surface area contributed by atoms with Crippen LogP contribution >= 0.6 is 0 Å². The Bertz CT molecular complexity index is 1340. The number of hydrogen-bond acceptors (Lipinski definition) is 5. The fourth-order valence-electron chi connectivity index (χ4n) is 4.24. The third-order valence-electron chi connectivity index (χ3n) is 6.33. The number of sulfonamides is 1. The van der Waals surface area contributed by atoms with Gasteiger partial charge in [-0.1, -0.05) is 61.5 Å². The number of anilines is 1. The van der Waals surface area contributed by atoms with Gasteiger partial charge in [0.05, 0.1) is 17.1 Å². The summed E-state index contributed by atoms with van der Waals surface area (Å²) in [5, 5.41) is 2.92. The number of ether oxygens (including phenoxy) is 1. The molecule has 9 heteroatoms. The second kappa shape index (κ2) is 12.7. The third kappa shape index (κ3) is 6.99. The van der Waals surface area contributed by atoms with Crippen LogP contribution in [0.15, 0.2) is 83.8 Å². The maximum absolute atomic E-state index is 13.3. The third-order valence-corrected chi connectivity index (χ3v) is 7.80. The summed E-state index contributed by atoms with van der Waals surface area (Å²) in [5.74, 6) is 0.0929. The monoisotopic (exact) mass is 535 g/mol. The zero-order chi connectivity index (χ0) is 27.0. The van der Waals surface area contributed by atoms with Crippen LogP contribution < -0.4 is 19.7 Å². The molecule has 1 heterocycles. The van der Waals surface area contributed by atoms with Gasteiger partial charge in [0.1, 0.15) is 5.75 Å². The number of aryl methyl sites for hydroxylation is 1. The van der Waals surface area contributed by atoms with Crippen molar-refractivity contribution in [2.24, 2.45) is 0 Å². The minimum absolute atomic E-state index is 0.118. The fraction of sp³-hybridized carbons (Fsp3) is 0.310. The minimum atomic E-state index is -3.53. The Morgan fingerprint density at radius 1 is 0.895 bits per heavy atom. The molecule has 0 radical (unpaired) electrons. The van der Waals surface area contributed by atoms with Crippen LogP contribution in [0.2, 0.25) is 0 Å². The van der Waals surface area contributed by atoms with E-state index >= 15 is 0 Å². The molecule has 0 aliphatic carbocycles. The van der Waals surface area contributed by atoms with Gasteiger partial charge in [0.25, 0.3) is 5.91 Å². The van der Waals surface area contributed by atoms with Crippen LogP contribution in [0.3, 0.4) is 0 Å². The van der Waals surface area contributed by atoms with E-state index in [1.165, 1.54) is 0 Å². The lowest BCUT2D eigenvalue weighted by Crippen LogP contribution is -2.51. The predicted molar refractivity (Wildman–Crippen MR) is 147 cm³/mol. The van der Waals surface area contributed by atoms with Gasteiger partial charge in [-0.25, -0.2) is 13.1 Å². The Morgan fingerprint density at radius 2 is 1.58 bits per heavy atom. The summed E-state index contributed by atoms with van der Waals surface area (Å²) >= 11 is 0. The number of carbonyl (C=O) groups excluding carboxylic acids is 2. The Kier molecular flexibility index (Phi) is 9.15. The minimum Gasteiger partial charge on any atom is -0.477 e. The highest BCUT2D eigenvalue weighted by Crippen LogP contribution is 2.33. The molecule has 4 rings (SSSR count). The lowest BCUT2D eigenvalue weighted by Gasteiger charge is -2.34. The van der Waals surface area contributed by atoms with Gasteiger partial charge in [-0.2, -0.15) is 0 Å². The van der Waals surface area contributed by atoms with E-state index in [1.54, 1.807) is 41.3 Å². The van der Waals surface area contributed by atoms with Crippen LogP contribution in [-0.2, 0) is 32.5 Å². The molecular weight excluding hydrogens is 502 g/mol. The van der Waals surface area contributed by atoms with E-state index < -0.39 is 16.1 Å². The standard InChI is InChI=1S/C29H33N3O5S/c1-2-19-31-38(35,36)24-15-12-23(13-16-24)14-17-28(33)32-21-27(37-26-11-7-6-10-25(26)32)29(34)30-20-18-22-8-4-3-5-9-22/h3-13,15-16,27,31H,2,14,17-21H2,1H3,(H,30,34). The molecule has 38 heavy (non-hydrogen) atoms. The molecule has 0 fully saturated rings. The predicted octanol–water partition coefficient (Wildman–Crippen LogP) is 3.46. The van der Waals surface area contributed by atoms with Gasteiger partial charge in [-0.15, -0.1) is 0 Å². The summed E-state index contributed by atoms with van der Waals surface area (Å²) in [7, 11) is -3.53. The van der Waals surface area contributed by atoms with Gasteiger partial charge in [0, 0.05) is 19.5 Å². The molecule has 1 atom stereocenters.